The van der Waals surface area contributed by atoms with E-state index in [0.717, 1.165) is 4.47 Å². The minimum atomic E-state index is -1.02. The summed E-state index contributed by atoms with van der Waals surface area (Å²) in [5, 5.41) is 10.2. The summed E-state index contributed by atoms with van der Waals surface area (Å²) in [6.45, 7) is 0. The third-order valence-corrected chi connectivity index (χ3v) is 3.17. The maximum atomic E-state index is 14.0. The van der Waals surface area contributed by atoms with Crippen molar-refractivity contribution in [2.45, 2.75) is 6.10 Å². The summed E-state index contributed by atoms with van der Waals surface area (Å²) in [6, 6.07) is 11.9. The quantitative estimate of drug-likeness (QED) is 0.937. The molecule has 0 aromatic heterocycles. The molecule has 4 heteroatoms. The van der Waals surface area contributed by atoms with Crippen LogP contribution in [0.2, 0.25) is 0 Å². The number of aliphatic hydroxyl groups excluding tert-OH is 1. The van der Waals surface area contributed by atoms with E-state index in [1.165, 1.54) is 13.2 Å². The van der Waals surface area contributed by atoms with Gasteiger partial charge in [-0.05, 0) is 23.8 Å². The van der Waals surface area contributed by atoms with Gasteiger partial charge in [0.15, 0.2) is 11.6 Å². The standard InChI is InChI=1S/C14H12BrFO2/c1-18-12-7-3-6-11(13(12)16)14(17)9-4-2-5-10(15)8-9/h2-8,14,17H,1H3. The van der Waals surface area contributed by atoms with E-state index in [9.17, 15) is 9.50 Å². The maximum Gasteiger partial charge on any atom is 0.171 e. The van der Waals surface area contributed by atoms with Crippen molar-refractivity contribution in [1.82, 2.24) is 0 Å². The molecule has 0 bridgehead atoms. The van der Waals surface area contributed by atoms with E-state index in [1.54, 1.807) is 30.3 Å². The topological polar surface area (TPSA) is 29.5 Å². The van der Waals surface area contributed by atoms with Crippen LogP contribution in [0.4, 0.5) is 4.39 Å². The van der Waals surface area contributed by atoms with Crippen molar-refractivity contribution in [3.8, 4) is 5.75 Å². The van der Waals surface area contributed by atoms with Gasteiger partial charge >= 0.3 is 0 Å². The van der Waals surface area contributed by atoms with Crippen molar-refractivity contribution in [3.63, 3.8) is 0 Å². The highest BCUT2D eigenvalue weighted by Crippen LogP contribution is 2.30. The van der Waals surface area contributed by atoms with Crippen LogP contribution in [0.5, 0.6) is 5.75 Å². The minimum absolute atomic E-state index is 0.126. The zero-order valence-corrected chi connectivity index (χ0v) is 11.3. The Balaban J connectivity index is 2.43. The molecule has 0 aliphatic carbocycles. The molecule has 2 aromatic rings. The van der Waals surface area contributed by atoms with E-state index in [1.807, 2.05) is 6.07 Å². The first-order valence-electron chi connectivity index (χ1n) is 5.39. The molecule has 18 heavy (non-hydrogen) atoms. The fourth-order valence-corrected chi connectivity index (χ4v) is 2.17. The highest BCUT2D eigenvalue weighted by atomic mass is 79.9. The van der Waals surface area contributed by atoms with Crippen LogP contribution in [0.15, 0.2) is 46.9 Å². The number of rotatable bonds is 3. The molecular weight excluding hydrogens is 299 g/mol. The molecule has 0 heterocycles. The second kappa shape index (κ2) is 5.50. The number of hydrogen-bond donors (Lipinski definition) is 1. The van der Waals surface area contributed by atoms with E-state index >= 15 is 0 Å². The number of benzene rings is 2. The zero-order chi connectivity index (χ0) is 13.1. The van der Waals surface area contributed by atoms with Gasteiger partial charge in [0.25, 0.3) is 0 Å². The van der Waals surface area contributed by atoms with Crippen LogP contribution in [-0.4, -0.2) is 12.2 Å². The molecule has 2 rings (SSSR count). The molecule has 0 radical (unpaired) electrons. The number of hydrogen-bond acceptors (Lipinski definition) is 2. The Morgan fingerprint density at radius 3 is 2.61 bits per heavy atom. The summed E-state index contributed by atoms with van der Waals surface area (Å²) in [6.07, 6.45) is -1.02. The largest absolute Gasteiger partial charge is 0.494 e. The Labute approximate surface area is 113 Å². The van der Waals surface area contributed by atoms with E-state index in [0.29, 0.717) is 5.56 Å². The van der Waals surface area contributed by atoms with Gasteiger partial charge in [0, 0.05) is 10.0 Å². The summed E-state index contributed by atoms with van der Waals surface area (Å²) < 4.78 is 19.7. The predicted molar refractivity (Wildman–Crippen MR) is 71.2 cm³/mol. The first-order chi connectivity index (χ1) is 8.63. The van der Waals surface area contributed by atoms with Gasteiger partial charge in [-0.1, -0.05) is 40.2 Å². The number of halogens is 2. The third-order valence-electron chi connectivity index (χ3n) is 2.67. The Hall–Kier alpha value is -1.39. The van der Waals surface area contributed by atoms with Crippen molar-refractivity contribution in [2.75, 3.05) is 7.11 Å². The van der Waals surface area contributed by atoms with Crippen LogP contribution in [-0.2, 0) is 0 Å². The molecule has 94 valence electrons. The van der Waals surface area contributed by atoms with Gasteiger partial charge in [-0.2, -0.15) is 0 Å². The highest BCUT2D eigenvalue weighted by Gasteiger charge is 2.17. The minimum Gasteiger partial charge on any atom is -0.494 e. The molecule has 0 saturated carbocycles. The summed E-state index contributed by atoms with van der Waals surface area (Å²) in [4.78, 5) is 0. The smallest absolute Gasteiger partial charge is 0.171 e. The first kappa shape index (κ1) is 13.1. The molecule has 1 N–H and O–H groups in total. The van der Waals surface area contributed by atoms with E-state index in [-0.39, 0.29) is 11.3 Å². The molecule has 0 spiro atoms. The van der Waals surface area contributed by atoms with E-state index < -0.39 is 11.9 Å². The predicted octanol–water partition coefficient (Wildman–Crippen LogP) is 3.68. The van der Waals surface area contributed by atoms with Crippen molar-refractivity contribution >= 4 is 15.9 Å². The van der Waals surface area contributed by atoms with E-state index in [2.05, 4.69) is 15.9 Å². The molecule has 0 aliphatic rings. The summed E-state index contributed by atoms with van der Waals surface area (Å²) in [7, 11) is 1.40. The van der Waals surface area contributed by atoms with Gasteiger partial charge in [-0.25, -0.2) is 4.39 Å². The first-order valence-corrected chi connectivity index (χ1v) is 6.18. The zero-order valence-electron chi connectivity index (χ0n) is 9.73. The van der Waals surface area contributed by atoms with Crippen molar-refractivity contribution in [1.29, 1.82) is 0 Å². The van der Waals surface area contributed by atoms with Crippen molar-refractivity contribution < 1.29 is 14.2 Å². The average molecular weight is 311 g/mol. The molecule has 2 aromatic carbocycles. The highest BCUT2D eigenvalue weighted by molar-refractivity contribution is 9.10. The Kier molecular flexibility index (Phi) is 3.99. The lowest BCUT2D eigenvalue weighted by Gasteiger charge is -2.14. The second-order valence-electron chi connectivity index (χ2n) is 3.82. The Bertz CT molecular complexity index is 557. The normalized spacial score (nSPS) is 12.2. The lowest BCUT2D eigenvalue weighted by molar-refractivity contribution is 0.213. The Morgan fingerprint density at radius 2 is 1.94 bits per heavy atom. The fraction of sp³-hybridized carbons (Fsp3) is 0.143. The van der Waals surface area contributed by atoms with E-state index in [4.69, 9.17) is 4.74 Å². The molecule has 2 nitrogen and oxygen atoms in total. The summed E-state index contributed by atoms with van der Waals surface area (Å²) in [5.74, 6) is -0.408. The molecule has 1 unspecified atom stereocenters. The molecule has 0 aliphatic heterocycles. The van der Waals surface area contributed by atoms with Crippen LogP contribution in [0.25, 0.3) is 0 Å². The lowest BCUT2D eigenvalue weighted by atomic mass is 10.0. The van der Waals surface area contributed by atoms with Gasteiger partial charge in [-0.15, -0.1) is 0 Å². The monoisotopic (exact) mass is 310 g/mol. The molecule has 1 atom stereocenters. The Morgan fingerprint density at radius 1 is 1.22 bits per heavy atom. The molecule has 0 saturated heterocycles. The van der Waals surface area contributed by atoms with Crippen LogP contribution < -0.4 is 4.74 Å². The fourth-order valence-electron chi connectivity index (χ4n) is 1.75. The van der Waals surface area contributed by atoms with Gasteiger partial charge in [-0.3, -0.25) is 0 Å². The summed E-state index contributed by atoms with van der Waals surface area (Å²) >= 11 is 3.32. The van der Waals surface area contributed by atoms with Crippen molar-refractivity contribution in [3.05, 3.63) is 63.9 Å². The second-order valence-corrected chi connectivity index (χ2v) is 4.74. The van der Waals surface area contributed by atoms with Gasteiger partial charge in [0.05, 0.1) is 7.11 Å². The van der Waals surface area contributed by atoms with Gasteiger partial charge in [0.1, 0.15) is 6.10 Å². The summed E-state index contributed by atoms with van der Waals surface area (Å²) in [5.41, 5.74) is 0.823. The number of methoxy groups -OCH3 is 1. The van der Waals surface area contributed by atoms with Crippen LogP contribution >= 0.6 is 15.9 Å². The maximum absolute atomic E-state index is 14.0. The van der Waals surface area contributed by atoms with Gasteiger partial charge < -0.3 is 9.84 Å². The molecule has 0 amide bonds. The third kappa shape index (κ3) is 2.54. The molecular formula is C14H12BrFO2. The SMILES string of the molecule is COc1cccc(C(O)c2cccc(Br)c2)c1F. The van der Waals surface area contributed by atoms with Crippen LogP contribution in [0.1, 0.15) is 17.2 Å². The van der Waals surface area contributed by atoms with Crippen LogP contribution in [0, 0.1) is 5.82 Å². The molecule has 0 fully saturated rings. The lowest BCUT2D eigenvalue weighted by Crippen LogP contribution is -2.03. The number of aliphatic hydroxyl groups is 1. The number of ether oxygens (including phenoxy) is 1. The van der Waals surface area contributed by atoms with Crippen molar-refractivity contribution in [2.24, 2.45) is 0 Å². The van der Waals surface area contributed by atoms with Crippen LogP contribution in [0.3, 0.4) is 0 Å². The average Bonchev–Trinajstić information content (AvgIpc) is 2.38. The van der Waals surface area contributed by atoms with Gasteiger partial charge in [0.2, 0.25) is 0 Å².